The summed E-state index contributed by atoms with van der Waals surface area (Å²) in [5.74, 6) is -6.93. The van der Waals surface area contributed by atoms with Crippen molar-refractivity contribution < 1.29 is 81.0 Å². The Kier molecular flexibility index (Phi) is 14.2. The molecule has 258 valence electrons. The molecule has 0 spiro atoms. The molecule has 19 heteroatoms. The number of carbonyl (C=O) groups excluding carboxylic acids is 8. The predicted octanol–water partition coefficient (Wildman–Crippen LogP) is -1.15. The smallest absolute Gasteiger partial charge is 0.303 e. The minimum Gasteiger partial charge on any atom is -0.463 e. The molecule has 0 unspecified atom stereocenters. The summed E-state index contributed by atoms with van der Waals surface area (Å²) in [6.45, 7) is 6.34. The first-order valence-corrected chi connectivity index (χ1v) is 14.7. The van der Waals surface area contributed by atoms with Gasteiger partial charge in [-0.1, -0.05) is 0 Å². The van der Waals surface area contributed by atoms with Gasteiger partial charge in [-0.2, -0.15) is 0 Å². The lowest BCUT2D eigenvalue weighted by atomic mass is 9.96. The Balaban J connectivity index is 2.70. The maximum absolute atomic E-state index is 12.8. The molecule has 1 amide bonds. The van der Waals surface area contributed by atoms with Crippen molar-refractivity contribution in [1.29, 1.82) is 0 Å². The summed E-state index contributed by atoms with van der Waals surface area (Å²) in [5, 5.41) is -1.39. The molecule has 46 heavy (non-hydrogen) atoms. The lowest BCUT2D eigenvalue weighted by Gasteiger charge is -2.48. The standard InChI is InChI=1S/C27H37NO17S/c1-10(29)37-8-17-20(40-13(4)32)22(42-15(6)34)25(24(44-17)26(28)36)46-27-23(43-16(7)35)21(41-14(5)33)19(39-12(3)31)18(45-27)9-38-11(2)30/h17-25,27H,8-9H2,1-7H3,(H2,28,36)/t17-,18-,19-,20+,21+,22+,23-,24-,25+,27+/m1/s1. The van der Waals surface area contributed by atoms with E-state index in [1.54, 1.807) is 0 Å². The lowest BCUT2D eigenvalue weighted by Crippen LogP contribution is -2.65. The largest absolute Gasteiger partial charge is 0.463 e. The molecule has 2 rings (SSSR count). The predicted molar refractivity (Wildman–Crippen MR) is 149 cm³/mol. The topological polar surface area (TPSA) is 246 Å². The minimum atomic E-state index is -1.64. The molecule has 2 fully saturated rings. The van der Waals surface area contributed by atoms with Crippen LogP contribution < -0.4 is 5.73 Å². The number of rotatable bonds is 12. The third-order valence-electron chi connectivity index (χ3n) is 6.21. The first-order valence-electron chi connectivity index (χ1n) is 13.8. The second-order valence-electron chi connectivity index (χ2n) is 10.1. The number of ether oxygens (including phenoxy) is 9. The zero-order valence-corrected chi connectivity index (χ0v) is 26.9. The van der Waals surface area contributed by atoms with Gasteiger partial charge < -0.3 is 48.4 Å². The Bertz CT molecular complexity index is 1190. The van der Waals surface area contributed by atoms with Crippen LogP contribution in [-0.4, -0.2) is 120 Å². The number of primary amides is 1. The van der Waals surface area contributed by atoms with Gasteiger partial charge >= 0.3 is 41.8 Å². The van der Waals surface area contributed by atoms with Gasteiger partial charge in [-0.05, 0) is 0 Å². The summed E-state index contributed by atoms with van der Waals surface area (Å²) in [6.07, 6.45) is -11.9. The van der Waals surface area contributed by atoms with Gasteiger partial charge in [0.2, 0.25) is 5.91 Å². The van der Waals surface area contributed by atoms with Crippen molar-refractivity contribution in [2.45, 2.75) is 108 Å². The average molecular weight is 680 g/mol. The highest BCUT2D eigenvalue weighted by Crippen LogP contribution is 2.42. The number of thioether (sulfide) groups is 1. The monoisotopic (exact) mass is 679 g/mol. The van der Waals surface area contributed by atoms with E-state index in [0.717, 1.165) is 48.5 Å². The van der Waals surface area contributed by atoms with Crippen LogP contribution in [0.2, 0.25) is 0 Å². The zero-order valence-electron chi connectivity index (χ0n) is 26.1. The number of amides is 1. The molecule has 18 nitrogen and oxygen atoms in total. The molecule has 2 aliphatic heterocycles. The molecule has 0 aromatic rings. The number of carbonyl (C=O) groups is 8. The van der Waals surface area contributed by atoms with E-state index in [-0.39, 0.29) is 0 Å². The van der Waals surface area contributed by atoms with Gasteiger partial charge in [0, 0.05) is 48.5 Å². The fourth-order valence-electron chi connectivity index (χ4n) is 4.74. The van der Waals surface area contributed by atoms with Gasteiger partial charge in [0.1, 0.15) is 30.9 Å². The molecule has 2 heterocycles. The maximum atomic E-state index is 12.8. The van der Waals surface area contributed by atoms with E-state index in [1.807, 2.05) is 0 Å². The molecule has 2 aliphatic rings. The second kappa shape index (κ2) is 17.1. The van der Waals surface area contributed by atoms with E-state index in [1.165, 1.54) is 0 Å². The molecule has 2 N–H and O–H groups in total. The summed E-state index contributed by atoms with van der Waals surface area (Å²) < 4.78 is 49.2. The van der Waals surface area contributed by atoms with Crippen LogP contribution in [0.15, 0.2) is 0 Å². The Morgan fingerprint density at radius 2 is 0.891 bits per heavy atom. The van der Waals surface area contributed by atoms with E-state index < -0.39 is 120 Å². The molecule has 10 atom stereocenters. The lowest BCUT2D eigenvalue weighted by molar-refractivity contribution is -0.238. The molecular formula is C27H37NO17S. The SMILES string of the molecule is CC(=O)OC[C@H]1O[C@@H](C(N)=O)[C@@H](S[C@@H]2O[C@H](COC(C)=O)[C@@H](OC(C)=O)[C@H](OC(C)=O)[C@H]2OC(C)=O)[C@@H](OC(C)=O)[C@H]1OC(C)=O. The highest BCUT2D eigenvalue weighted by atomic mass is 32.2. The third-order valence-corrected chi connectivity index (χ3v) is 7.69. The van der Waals surface area contributed by atoms with Gasteiger partial charge in [0.05, 0.1) is 5.25 Å². The highest BCUT2D eigenvalue weighted by molar-refractivity contribution is 8.00. The van der Waals surface area contributed by atoms with Crippen LogP contribution in [0.1, 0.15) is 48.5 Å². The number of nitrogens with two attached hydrogens (primary N) is 1. The van der Waals surface area contributed by atoms with Gasteiger partial charge in [0.15, 0.2) is 36.6 Å². The van der Waals surface area contributed by atoms with Crippen LogP contribution in [0, 0.1) is 0 Å². The summed E-state index contributed by atoms with van der Waals surface area (Å²) >= 11 is 0.651. The molecule has 0 radical (unpaired) electrons. The molecular weight excluding hydrogens is 642 g/mol. The fraction of sp³-hybridized carbons (Fsp3) is 0.704. The molecule has 0 aromatic carbocycles. The number of esters is 7. The first kappa shape index (κ1) is 38.2. The van der Waals surface area contributed by atoms with Crippen molar-refractivity contribution in [2.24, 2.45) is 5.73 Å². The maximum Gasteiger partial charge on any atom is 0.303 e. The van der Waals surface area contributed by atoms with Crippen LogP contribution in [0.5, 0.6) is 0 Å². The molecule has 0 saturated carbocycles. The zero-order chi connectivity index (χ0) is 34.9. The number of hydrogen-bond donors (Lipinski definition) is 1. The van der Waals surface area contributed by atoms with Gasteiger partial charge in [-0.25, -0.2) is 0 Å². The van der Waals surface area contributed by atoms with Crippen molar-refractivity contribution in [3.8, 4) is 0 Å². The van der Waals surface area contributed by atoms with Crippen LogP contribution in [-0.2, 0) is 81.0 Å². The molecule has 0 bridgehead atoms. The van der Waals surface area contributed by atoms with Crippen molar-refractivity contribution in [3.05, 3.63) is 0 Å². The van der Waals surface area contributed by atoms with Gasteiger partial charge in [-0.15, -0.1) is 11.8 Å². The van der Waals surface area contributed by atoms with E-state index in [9.17, 15) is 38.4 Å². The number of hydrogen-bond acceptors (Lipinski definition) is 18. The van der Waals surface area contributed by atoms with Crippen LogP contribution >= 0.6 is 11.8 Å². The first-order chi connectivity index (χ1) is 21.4. The van der Waals surface area contributed by atoms with Crippen molar-refractivity contribution in [2.75, 3.05) is 13.2 Å². The Hall–Kier alpha value is -3.97. The quantitative estimate of drug-likeness (QED) is 0.189. The highest BCUT2D eigenvalue weighted by Gasteiger charge is 2.57. The van der Waals surface area contributed by atoms with E-state index in [0.29, 0.717) is 11.8 Å². The van der Waals surface area contributed by atoms with Gasteiger partial charge in [0.25, 0.3) is 0 Å². The second-order valence-corrected chi connectivity index (χ2v) is 11.4. The summed E-state index contributed by atoms with van der Waals surface area (Å²) in [4.78, 5) is 96.9. The fourth-order valence-corrected chi connectivity index (χ4v) is 6.33. The van der Waals surface area contributed by atoms with Crippen LogP contribution in [0.25, 0.3) is 0 Å². The van der Waals surface area contributed by atoms with Crippen LogP contribution in [0.3, 0.4) is 0 Å². The Labute approximate surface area is 267 Å². The molecule has 2 saturated heterocycles. The minimum absolute atomic E-state index is 0.536. The van der Waals surface area contributed by atoms with Crippen molar-refractivity contribution >= 4 is 59.5 Å². The van der Waals surface area contributed by atoms with Crippen molar-refractivity contribution in [3.63, 3.8) is 0 Å². The van der Waals surface area contributed by atoms with E-state index in [2.05, 4.69) is 0 Å². The Morgan fingerprint density at radius 3 is 1.30 bits per heavy atom. The van der Waals surface area contributed by atoms with Crippen molar-refractivity contribution in [1.82, 2.24) is 0 Å². The molecule has 0 aromatic heterocycles. The summed E-state index contributed by atoms with van der Waals surface area (Å²) in [5.41, 5.74) is 4.21. The average Bonchev–Trinajstić information content (AvgIpc) is 2.90. The van der Waals surface area contributed by atoms with E-state index >= 15 is 0 Å². The van der Waals surface area contributed by atoms with E-state index in [4.69, 9.17) is 48.4 Å². The normalized spacial score (nSPS) is 30.5. The molecule has 0 aliphatic carbocycles. The Morgan fingerprint density at radius 1 is 0.522 bits per heavy atom. The van der Waals surface area contributed by atoms with Crippen LogP contribution in [0.4, 0.5) is 0 Å². The summed E-state index contributed by atoms with van der Waals surface area (Å²) in [6, 6.07) is 0. The van der Waals surface area contributed by atoms with Gasteiger partial charge in [-0.3, -0.25) is 38.4 Å². The summed E-state index contributed by atoms with van der Waals surface area (Å²) in [7, 11) is 0. The third kappa shape index (κ3) is 11.1.